The van der Waals surface area contributed by atoms with Gasteiger partial charge in [-0.3, -0.25) is 0 Å². The molecule has 2 aliphatic rings. The first-order valence-electron chi connectivity index (χ1n) is 19.3. The molecule has 0 bridgehead atoms. The van der Waals surface area contributed by atoms with Gasteiger partial charge < -0.3 is 9.80 Å². The molecular formula is C51H39BN2. The van der Waals surface area contributed by atoms with Gasteiger partial charge in [-0.2, -0.15) is 0 Å². The predicted molar refractivity (Wildman–Crippen MR) is 231 cm³/mol. The van der Waals surface area contributed by atoms with Gasteiger partial charge in [-0.1, -0.05) is 139 Å². The third kappa shape index (κ3) is 5.19. The number of benzene rings is 8. The zero-order valence-corrected chi connectivity index (χ0v) is 30.7. The summed E-state index contributed by atoms with van der Waals surface area (Å²) in [5, 5.41) is 0. The van der Waals surface area contributed by atoms with Crippen LogP contribution in [0.25, 0.3) is 33.4 Å². The van der Waals surface area contributed by atoms with Crippen LogP contribution in [0.1, 0.15) is 18.1 Å². The van der Waals surface area contributed by atoms with Crippen molar-refractivity contribution in [2.24, 2.45) is 0 Å². The van der Waals surface area contributed by atoms with Crippen molar-refractivity contribution in [3.05, 3.63) is 199 Å². The Hall–Kier alpha value is -6.58. The molecular weight excluding hydrogens is 651 g/mol. The van der Waals surface area contributed by atoms with E-state index in [1.807, 2.05) is 6.07 Å². The van der Waals surface area contributed by atoms with Crippen LogP contribution in [0.2, 0.25) is 0 Å². The number of para-hydroxylation sites is 2. The molecule has 2 heterocycles. The molecule has 0 radical (unpaired) electrons. The van der Waals surface area contributed by atoms with Crippen molar-refractivity contribution >= 4 is 57.2 Å². The molecule has 0 atom stereocenters. The van der Waals surface area contributed by atoms with E-state index in [0.29, 0.717) is 6.04 Å². The van der Waals surface area contributed by atoms with E-state index in [0.717, 1.165) is 39.6 Å². The van der Waals surface area contributed by atoms with Crippen LogP contribution >= 0.6 is 0 Å². The molecule has 0 unspecified atom stereocenters. The van der Waals surface area contributed by atoms with Gasteiger partial charge in [-0.15, -0.1) is 0 Å². The Kier molecular flexibility index (Phi) is 7.36. The SMILES string of the molecule is [2H]c1ccc2c(c1)B1c3ccccc3N(c3ccc(-c4ccccc4)cc3)c3cc(-c4c(C)cc(C)cc4C)cc(c31)N2c1ccc(-c2ccccc2)cc1. The van der Waals surface area contributed by atoms with E-state index in [4.69, 9.17) is 1.37 Å². The lowest BCUT2D eigenvalue weighted by Crippen LogP contribution is -2.61. The summed E-state index contributed by atoms with van der Waals surface area (Å²) in [4.78, 5) is 4.90. The molecule has 2 nitrogen and oxygen atoms in total. The highest BCUT2D eigenvalue weighted by Crippen LogP contribution is 2.47. The number of fused-ring (bicyclic) bond motifs is 4. The Morgan fingerprint density at radius 1 is 0.407 bits per heavy atom. The lowest BCUT2D eigenvalue weighted by Gasteiger charge is -2.44. The maximum atomic E-state index is 8.88. The Morgan fingerprint density at radius 3 is 1.39 bits per heavy atom. The summed E-state index contributed by atoms with van der Waals surface area (Å²) in [6, 6.07) is 64.1. The molecule has 10 rings (SSSR count). The standard InChI is InChI=1S/C51H39BN2/c1-34-30-35(2)50(36(3)31-34)41-32-48-51-49(33-41)54(43-28-24-40(25-29-43)38-16-8-5-9-17-38)47-21-13-11-19-45(47)52(51)44-18-10-12-20-46(44)53(48)42-26-22-39(23-27-42)37-14-6-4-7-15-37/h4-33H,1-3H3/i10D. The minimum Gasteiger partial charge on any atom is -0.311 e. The number of hydrogen-bond donors (Lipinski definition) is 0. The Balaban J connectivity index is 1.26. The molecule has 0 fully saturated rings. The number of nitrogens with zero attached hydrogens (tertiary/aromatic N) is 2. The lowest BCUT2D eigenvalue weighted by molar-refractivity contribution is 1.25. The van der Waals surface area contributed by atoms with Crippen LogP contribution in [0, 0.1) is 20.8 Å². The van der Waals surface area contributed by atoms with E-state index < -0.39 is 0 Å². The van der Waals surface area contributed by atoms with Crippen molar-refractivity contribution < 1.29 is 1.37 Å². The van der Waals surface area contributed by atoms with Gasteiger partial charge in [0.1, 0.15) is 0 Å². The van der Waals surface area contributed by atoms with Gasteiger partial charge in [-0.25, -0.2) is 0 Å². The molecule has 0 aromatic heterocycles. The largest absolute Gasteiger partial charge is 0.311 e. The molecule has 8 aromatic rings. The highest BCUT2D eigenvalue weighted by Gasteiger charge is 2.43. The van der Waals surface area contributed by atoms with E-state index in [2.05, 4.69) is 200 Å². The van der Waals surface area contributed by atoms with Crippen molar-refractivity contribution in [2.75, 3.05) is 9.80 Å². The van der Waals surface area contributed by atoms with Crippen molar-refractivity contribution in [2.45, 2.75) is 20.8 Å². The number of anilines is 6. The zero-order valence-electron chi connectivity index (χ0n) is 31.7. The molecule has 0 saturated carbocycles. The number of rotatable bonds is 5. The van der Waals surface area contributed by atoms with Gasteiger partial charge in [-0.05, 0) is 130 Å². The highest BCUT2D eigenvalue weighted by molar-refractivity contribution is 7.00. The second kappa shape index (κ2) is 12.8. The Bertz CT molecular complexity index is 2700. The first kappa shape index (κ1) is 31.0. The summed E-state index contributed by atoms with van der Waals surface area (Å²) in [6.45, 7) is 6.62. The monoisotopic (exact) mass is 691 g/mol. The van der Waals surface area contributed by atoms with Crippen LogP contribution in [0.15, 0.2) is 182 Å². The summed E-state index contributed by atoms with van der Waals surface area (Å²) >= 11 is 0. The average Bonchev–Trinajstić information content (AvgIpc) is 3.21. The molecule has 2 aliphatic heterocycles. The average molecular weight is 692 g/mol. The minimum atomic E-state index is -0.0459. The van der Waals surface area contributed by atoms with Crippen LogP contribution in [0.4, 0.5) is 34.1 Å². The van der Waals surface area contributed by atoms with Gasteiger partial charge in [0.15, 0.2) is 0 Å². The highest BCUT2D eigenvalue weighted by atomic mass is 15.2. The molecule has 54 heavy (non-hydrogen) atoms. The predicted octanol–water partition coefficient (Wildman–Crippen LogP) is 11.7. The lowest BCUT2D eigenvalue weighted by atomic mass is 9.33. The second-order valence-electron chi connectivity index (χ2n) is 14.7. The molecule has 3 heteroatoms. The summed E-state index contributed by atoms with van der Waals surface area (Å²) in [5.74, 6) is 0. The maximum Gasteiger partial charge on any atom is 0.252 e. The van der Waals surface area contributed by atoms with Crippen molar-refractivity contribution in [3.63, 3.8) is 0 Å². The molecule has 0 spiro atoms. The molecule has 0 aliphatic carbocycles. The third-order valence-electron chi connectivity index (χ3n) is 11.3. The number of aryl methyl sites for hydroxylation is 3. The van der Waals surface area contributed by atoms with Crippen LogP contribution in [-0.2, 0) is 0 Å². The quantitative estimate of drug-likeness (QED) is 0.166. The van der Waals surface area contributed by atoms with Crippen molar-refractivity contribution in [1.29, 1.82) is 0 Å². The summed E-state index contributed by atoms with van der Waals surface area (Å²) in [5.41, 5.74) is 21.5. The van der Waals surface area contributed by atoms with E-state index in [1.54, 1.807) is 0 Å². The first-order valence-corrected chi connectivity index (χ1v) is 18.8. The number of hydrogen-bond acceptors (Lipinski definition) is 2. The van der Waals surface area contributed by atoms with Crippen molar-refractivity contribution in [3.8, 4) is 33.4 Å². The Labute approximate surface area is 320 Å². The second-order valence-corrected chi connectivity index (χ2v) is 14.7. The molecule has 0 N–H and O–H groups in total. The third-order valence-corrected chi connectivity index (χ3v) is 11.3. The van der Waals surface area contributed by atoms with Gasteiger partial charge in [0.05, 0.1) is 1.37 Å². The molecule has 8 aromatic carbocycles. The fourth-order valence-corrected chi connectivity index (χ4v) is 9.04. The van der Waals surface area contributed by atoms with Gasteiger partial charge in [0.2, 0.25) is 0 Å². The smallest absolute Gasteiger partial charge is 0.252 e. The topological polar surface area (TPSA) is 6.48 Å². The van der Waals surface area contributed by atoms with E-state index in [9.17, 15) is 0 Å². The maximum absolute atomic E-state index is 8.88. The first-order chi connectivity index (χ1) is 26.9. The van der Waals surface area contributed by atoms with E-state index >= 15 is 0 Å². The fourth-order valence-electron chi connectivity index (χ4n) is 9.04. The minimum absolute atomic E-state index is 0.0459. The van der Waals surface area contributed by atoms with Crippen LogP contribution < -0.4 is 26.2 Å². The van der Waals surface area contributed by atoms with Crippen LogP contribution in [-0.4, -0.2) is 6.71 Å². The van der Waals surface area contributed by atoms with Gasteiger partial charge in [0.25, 0.3) is 6.71 Å². The Morgan fingerprint density at radius 2 is 0.852 bits per heavy atom. The summed E-state index contributed by atoms with van der Waals surface area (Å²) in [6.07, 6.45) is 0. The summed E-state index contributed by atoms with van der Waals surface area (Å²) in [7, 11) is 0. The zero-order chi connectivity index (χ0) is 37.2. The van der Waals surface area contributed by atoms with Crippen LogP contribution in [0.5, 0.6) is 0 Å². The van der Waals surface area contributed by atoms with E-state index in [1.165, 1.54) is 61.0 Å². The molecule has 0 saturated heterocycles. The normalized spacial score (nSPS) is 12.9. The van der Waals surface area contributed by atoms with E-state index in [-0.39, 0.29) is 6.71 Å². The van der Waals surface area contributed by atoms with Crippen LogP contribution in [0.3, 0.4) is 0 Å². The van der Waals surface area contributed by atoms with Gasteiger partial charge >= 0.3 is 0 Å². The fraction of sp³-hybridized carbons (Fsp3) is 0.0588. The molecule has 0 amide bonds. The molecule has 256 valence electrons. The summed E-state index contributed by atoms with van der Waals surface area (Å²) < 4.78 is 8.88. The van der Waals surface area contributed by atoms with Crippen molar-refractivity contribution in [1.82, 2.24) is 0 Å². The van der Waals surface area contributed by atoms with Gasteiger partial charge in [0, 0.05) is 34.1 Å².